The molecule has 0 amide bonds. The number of rotatable bonds is 4. The normalized spacial score (nSPS) is 18.7. The minimum atomic E-state index is -1.52. The number of hydrogen-bond acceptors (Lipinski definition) is 3. The van der Waals surface area contributed by atoms with Crippen molar-refractivity contribution in [3.05, 3.63) is 83.9 Å². The van der Waals surface area contributed by atoms with Crippen LogP contribution in [0, 0.1) is 0 Å². The summed E-state index contributed by atoms with van der Waals surface area (Å²) in [7, 11) is 0. The molecule has 26 heavy (non-hydrogen) atoms. The molecule has 0 fully saturated rings. The summed E-state index contributed by atoms with van der Waals surface area (Å²) in [6.45, 7) is 2.51. The standard InChI is InChI=1S/C21H19NO3S/c1-15-19-8-5-9-20(21(19)25-26(23)22-15)17-10-12-18(13-11-17)24-14-16-6-3-2-4-7-16/h2-13,15,22H,14H2,1H3. The number of para-hydroxylation sites is 1. The van der Waals surface area contributed by atoms with E-state index in [2.05, 4.69) is 4.72 Å². The van der Waals surface area contributed by atoms with Gasteiger partial charge in [-0.2, -0.15) is 8.93 Å². The Hall–Kier alpha value is -2.63. The number of ether oxygens (including phenoxy) is 1. The molecule has 0 bridgehead atoms. The van der Waals surface area contributed by atoms with E-state index in [1.54, 1.807) is 0 Å². The van der Waals surface area contributed by atoms with Gasteiger partial charge in [-0.1, -0.05) is 60.7 Å². The third kappa shape index (κ3) is 3.49. The number of nitrogens with one attached hydrogen (secondary N) is 1. The van der Waals surface area contributed by atoms with Crippen LogP contribution in [0.4, 0.5) is 0 Å². The Morgan fingerprint density at radius 2 is 1.77 bits per heavy atom. The van der Waals surface area contributed by atoms with Crippen LogP contribution in [-0.2, 0) is 17.9 Å². The smallest absolute Gasteiger partial charge is 0.288 e. The van der Waals surface area contributed by atoms with Crippen molar-refractivity contribution in [2.24, 2.45) is 0 Å². The second-order valence-electron chi connectivity index (χ2n) is 6.18. The summed E-state index contributed by atoms with van der Waals surface area (Å²) >= 11 is -1.52. The zero-order valence-electron chi connectivity index (χ0n) is 14.3. The van der Waals surface area contributed by atoms with Crippen LogP contribution in [0.25, 0.3) is 11.1 Å². The fourth-order valence-electron chi connectivity index (χ4n) is 3.00. The summed E-state index contributed by atoms with van der Waals surface area (Å²) in [6, 6.07) is 23.9. The average molecular weight is 365 g/mol. The SMILES string of the molecule is CC1NS(=O)Oc2c(-c3ccc(OCc4ccccc4)cc3)cccc21. The maximum absolute atomic E-state index is 11.9. The molecule has 3 aromatic rings. The Morgan fingerprint density at radius 3 is 2.54 bits per heavy atom. The van der Waals surface area contributed by atoms with Crippen LogP contribution in [0.1, 0.15) is 24.1 Å². The molecule has 1 aliphatic rings. The second kappa shape index (κ2) is 7.32. The zero-order valence-corrected chi connectivity index (χ0v) is 15.2. The average Bonchev–Trinajstić information content (AvgIpc) is 2.67. The van der Waals surface area contributed by atoms with Gasteiger partial charge in [-0.15, -0.1) is 0 Å². The molecule has 0 radical (unpaired) electrons. The third-order valence-electron chi connectivity index (χ3n) is 4.36. The van der Waals surface area contributed by atoms with Crippen molar-refractivity contribution in [1.29, 1.82) is 0 Å². The van der Waals surface area contributed by atoms with Gasteiger partial charge in [-0.3, -0.25) is 0 Å². The van der Waals surface area contributed by atoms with Crippen LogP contribution in [0.15, 0.2) is 72.8 Å². The zero-order chi connectivity index (χ0) is 17.9. The predicted molar refractivity (Wildman–Crippen MR) is 103 cm³/mol. The highest BCUT2D eigenvalue weighted by Crippen LogP contribution is 2.39. The molecule has 0 aromatic heterocycles. The monoisotopic (exact) mass is 365 g/mol. The Morgan fingerprint density at radius 1 is 1.00 bits per heavy atom. The van der Waals surface area contributed by atoms with Crippen LogP contribution in [-0.4, -0.2) is 4.21 Å². The van der Waals surface area contributed by atoms with Gasteiger partial charge in [-0.05, 0) is 30.2 Å². The largest absolute Gasteiger partial charge is 0.489 e. The van der Waals surface area contributed by atoms with E-state index < -0.39 is 11.3 Å². The van der Waals surface area contributed by atoms with Gasteiger partial charge in [0.1, 0.15) is 12.4 Å². The quantitative estimate of drug-likeness (QED) is 0.738. The van der Waals surface area contributed by atoms with Crippen LogP contribution >= 0.6 is 0 Å². The summed E-state index contributed by atoms with van der Waals surface area (Å²) in [4.78, 5) is 0. The van der Waals surface area contributed by atoms with E-state index in [1.165, 1.54) is 0 Å². The van der Waals surface area contributed by atoms with Crippen molar-refractivity contribution < 1.29 is 13.1 Å². The first kappa shape index (κ1) is 16.8. The molecule has 3 aromatic carbocycles. The molecule has 2 unspecified atom stereocenters. The molecular weight excluding hydrogens is 346 g/mol. The maximum atomic E-state index is 11.9. The molecule has 1 aliphatic heterocycles. The summed E-state index contributed by atoms with van der Waals surface area (Å²) in [6.07, 6.45) is 0. The van der Waals surface area contributed by atoms with Crippen LogP contribution in [0.2, 0.25) is 0 Å². The lowest BCUT2D eigenvalue weighted by Gasteiger charge is -2.24. The van der Waals surface area contributed by atoms with Crippen LogP contribution in [0.5, 0.6) is 11.5 Å². The lowest BCUT2D eigenvalue weighted by Crippen LogP contribution is -2.30. The molecule has 0 saturated carbocycles. The van der Waals surface area contributed by atoms with Gasteiger partial charge in [-0.25, -0.2) is 0 Å². The number of fused-ring (bicyclic) bond motifs is 1. The molecular formula is C21H19NO3S. The van der Waals surface area contributed by atoms with Crippen molar-refractivity contribution >= 4 is 11.3 Å². The highest BCUT2D eigenvalue weighted by molar-refractivity contribution is 7.78. The molecule has 1 heterocycles. The van der Waals surface area contributed by atoms with Gasteiger partial charge >= 0.3 is 0 Å². The van der Waals surface area contributed by atoms with E-state index >= 15 is 0 Å². The Balaban J connectivity index is 1.56. The Bertz CT molecular complexity index is 926. The van der Waals surface area contributed by atoms with E-state index in [1.807, 2.05) is 79.7 Å². The van der Waals surface area contributed by atoms with Gasteiger partial charge in [0.2, 0.25) is 0 Å². The Labute approximate surface area is 155 Å². The van der Waals surface area contributed by atoms with Crippen molar-refractivity contribution in [2.75, 3.05) is 0 Å². The molecule has 0 spiro atoms. The van der Waals surface area contributed by atoms with E-state index in [4.69, 9.17) is 8.92 Å². The molecule has 4 rings (SSSR count). The van der Waals surface area contributed by atoms with E-state index in [0.29, 0.717) is 12.4 Å². The van der Waals surface area contributed by atoms with Crippen molar-refractivity contribution in [2.45, 2.75) is 19.6 Å². The molecule has 0 aliphatic carbocycles. The number of benzene rings is 3. The first-order valence-electron chi connectivity index (χ1n) is 8.47. The highest BCUT2D eigenvalue weighted by Gasteiger charge is 2.25. The van der Waals surface area contributed by atoms with E-state index in [-0.39, 0.29) is 6.04 Å². The number of hydrogen-bond donors (Lipinski definition) is 1. The van der Waals surface area contributed by atoms with Gasteiger partial charge < -0.3 is 8.92 Å². The fraction of sp³-hybridized carbons (Fsp3) is 0.143. The summed E-state index contributed by atoms with van der Waals surface area (Å²) in [5.74, 6) is 1.48. The van der Waals surface area contributed by atoms with E-state index in [0.717, 1.165) is 28.0 Å². The lowest BCUT2D eigenvalue weighted by molar-refractivity contribution is 0.306. The van der Waals surface area contributed by atoms with Crippen LogP contribution in [0.3, 0.4) is 0 Å². The molecule has 0 saturated heterocycles. The van der Waals surface area contributed by atoms with Gasteiger partial charge in [0, 0.05) is 17.2 Å². The molecule has 2 atom stereocenters. The predicted octanol–water partition coefficient (Wildman–Crippen LogP) is 4.55. The first-order valence-corrected chi connectivity index (χ1v) is 9.54. The van der Waals surface area contributed by atoms with Crippen LogP contribution < -0.4 is 13.6 Å². The molecule has 5 heteroatoms. The first-order chi connectivity index (χ1) is 12.7. The van der Waals surface area contributed by atoms with Crippen molar-refractivity contribution in [3.63, 3.8) is 0 Å². The van der Waals surface area contributed by atoms with E-state index in [9.17, 15) is 4.21 Å². The van der Waals surface area contributed by atoms with Gasteiger partial charge in [0.25, 0.3) is 11.3 Å². The topological polar surface area (TPSA) is 47.6 Å². The second-order valence-corrected chi connectivity index (χ2v) is 7.05. The lowest BCUT2D eigenvalue weighted by atomic mass is 9.98. The molecule has 132 valence electrons. The highest BCUT2D eigenvalue weighted by atomic mass is 32.2. The van der Waals surface area contributed by atoms with Gasteiger partial charge in [0.15, 0.2) is 5.75 Å². The Kier molecular flexibility index (Phi) is 4.73. The molecule has 1 N–H and O–H groups in total. The summed E-state index contributed by atoms with van der Waals surface area (Å²) in [5.41, 5.74) is 4.07. The third-order valence-corrected chi connectivity index (χ3v) is 5.22. The maximum Gasteiger partial charge on any atom is 0.288 e. The van der Waals surface area contributed by atoms with Crippen molar-refractivity contribution in [3.8, 4) is 22.6 Å². The summed E-state index contributed by atoms with van der Waals surface area (Å²) < 4.78 is 26.1. The minimum absolute atomic E-state index is 0.0204. The summed E-state index contributed by atoms with van der Waals surface area (Å²) in [5, 5.41) is 0. The van der Waals surface area contributed by atoms with Crippen molar-refractivity contribution in [1.82, 2.24) is 4.72 Å². The van der Waals surface area contributed by atoms with Gasteiger partial charge in [0.05, 0.1) is 0 Å². The fourth-order valence-corrected chi connectivity index (χ4v) is 3.80. The molecule has 4 nitrogen and oxygen atoms in total. The minimum Gasteiger partial charge on any atom is -0.489 e.